The van der Waals surface area contributed by atoms with Crippen molar-refractivity contribution in [3.8, 4) is 0 Å². The van der Waals surface area contributed by atoms with Crippen molar-refractivity contribution < 1.29 is 0 Å². The Morgan fingerprint density at radius 1 is 1.00 bits per heavy atom. The lowest BCUT2D eigenvalue weighted by atomic mass is 9.91. The molecule has 2 aliphatic rings. The van der Waals surface area contributed by atoms with E-state index in [2.05, 4.69) is 32.3 Å². The van der Waals surface area contributed by atoms with Crippen molar-refractivity contribution >= 4 is 11.8 Å². The number of thioether (sulfide) groups is 1. The van der Waals surface area contributed by atoms with Gasteiger partial charge < -0.3 is 0 Å². The van der Waals surface area contributed by atoms with Crippen LogP contribution in [0.3, 0.4) is 0 Å². The topological polar surface area (TPSA) is 0 Å². The zero-order chi connectivity index (χ0) is 8.01. The van der Waals surface area contributed by atoms with Crippen LogP contribution in [-0.4, -0.2) is 5.25 Å². The van der Waals surface area contributed by atoms with Crippen molar-refractivity contribution in [2.45, 2.75) is 26.0 Å². The minimum absolute atomic E-state index is 0.880. The molecule has 0 amide bonds. The van der Waals surface area contributed by atoms with E-state index in [0.717, 1.165) is 28.9 Å². The minimum atomic E-state index is 0.880. The van der Waals surface area contributed by atoms with Gasteiger partial charge in [-0.3, -0.25) is 0 Å². The molecule has 1 heterocycles. The van der Waals surface area contributed by atoms with Crippen LogP contribution in [0, 0.1) is 23.7 Å². The number of hydrogen-bond donors (Lipinski definition) is 0. The number of allylic oxidation sites excluding steroid dienone is 1. The van der Waals surface area contributed by atoms with Gasteiger partial charge in [0.2, 0.25) is 0 Å². The lowest BCUT2D eigenvalue weighted by Crippen LogP contribution is -2.11. The van der Waals surface area contributed by atoms with Gasteiger partial charge in [0.15, 0.2) is 0 Å². The van der Waals surface area contributed by atoms with Crippen LogP contribution in [0.2, 0.25) is 0 Å². The van der Waals surface area contributed by atoms with Crippen LogP contribution in [0.1, 0.15) is 20.8 Å². The van der Waals surface area contributed by atoms with Gasteiger partial charge in [-0.2, -0.15) is 0 Å². The van der Waals surface area contributed by atoms with E-state index in [1.807, 2.05) is 11.8 Å². The Balaban J connectivity index is 2.22. The maximum Gasteiger partial charge on any atom is 0.0182 e. The van der Waals surface area contributed by atoms with E-state index in [-0.39, 0.29) is 0 Å². The van der Waals surface area contributed by atoms with Gasteiger partial charge in [0.25, 0.3) is 0 Å². The second kappa shape index (κ2) is 2.55. The molecule has 1 saturated carbocycles. The first kappa shape index (κ1) is 7.72. The fraction of sp³-hybridized carbons (Fsp3) is 0.800. The number of hydrogen-bond acceptors (Lipinski definition) is 1. The molecule has 0 N–H and O–H groups in total. The largest absolute Gasteiger partial charge is 0.130 e. The van der Waals surface area contributed by atoms with Crippen molar-refractivity contribution in [2.75, 3.05) is 0 Å². The minimum Gasteiger partial charge on any atom is -0.130 e. The van der Waals surface area contributed by atoms with Gasteiger partial charge in [-0.15, -0.1) is 11.8 Å². The van der Waals surface area contributed by atoms with Gasteiger partial charge in [-0.25, -0.2) is 0 Å². The molecule has 0 saturated heterocycles. The van der Waals surface area contributed by atoms with E-state index in [4.69, 9.17) is 0 Å². The lowest BCUT2D eigenvalue weighted by Gasteiger charge is -2.15. The van der Waals surface area contributed by atoms with E-state index in [1.165, 1.54) is 0 Å². The molecule has 0 bridgehead atoms. The summed E-state index contributed by atoms with van der Waals surface area (Å²) in [6, 6.07) is 0. The second-order valence-corrected chi connectivity index (χ2v) is 5.17. The maximum atomic E-state index is 2.42. The summed E-state index contributed by atoms with van der Waals surface area (Å²) in [5, 5.41) is 3.20. The van der Waals surface area contributed by atoms with Crippen LogP contribution in [0.5, 0.6) is 0 Å². The van der Waals surface area contributed by atoms with Crippen LogP contribution in [0.4, 0.5) is 0 Å². The Bertz CT molecular complexity index is 185. The highest BCUT2D eigenvalue weighted by Gasteiger charge is 2.44. The van der Waals surface area contributed by atoms with Crippen molar-refractivity contribution in [1.82, 2.24) is 0 Å². The third-order valence-electron chi connectivity index (χ3n) is 3.70. The van der Waals surface area contributed by atoms with Crippen LogP contribution in [-0.2, 0) is 0 Å². The second-order valence-electron chi connectivity index (χ2n) is 4.08. The number of fused-ring (bicyclic) bond motifs is 1. The molecule has 2 rings (SSSR count). The molecule has 1 aliphatic carbocycles. The van der Waals surface area contributed by atoms with Gasteiger partial charge in [0.05, 0.1) is 0 Å². The summed E-state index contributed by atoms with van der Waals surface area (Å²) < 4.78 is 0. The van der Waals surface area contributed by atoms with E-state index in [9.17, 15) is 0 Å². The Morgan fingerprint density at radius 3 is 2.36 bits per heavy atom. The summed E-state index contributed by atoms with van der Waals surface area (Å²) >= 11 is 2.05. The van der Waals surface area contributed by atoms with Crippen LogP contribution in [0.25, 0.3) is 0 Å². The summed E-state index contributed by atoms with van der Waals surface area (Å²) in [5.41, 5.74) is 0. The lowest BCUT2D eigenvalue weighted by molar-refractivity contribution is 0.363. The monoisotopic (exact) mass is 168 g/mol. The molecule has 62 valence electrons. The summed E-state index contributed by atoms with van der Waals surface area (Å²) in [5.74, 6) is 3.61. The highest BCUT2D eigenvalue weighted by Crippen LogP contribution is 2.51. The van der Waals surface area contributed by atoms with Crippen LogP contribution in [0.15, 0.2) is 11.5 Å². The molecule has 1 fully saturated rings. The number of rotatable bonds is 0. The molecule has 1 aliphatic heterocycles. The van der Waals surface area contributed by atoms with Gasteiger partial charge >= 0.3 is 0 Å². The third-order valence-corrected chi connectivity index (χ3v) is 5.07. The summed E-state index contributed by atoms with van der Waals surface area (Å²) in [6.07, 6.45) is 2.42. The molecule has 1 heteroatoms. The van der Waals surface area contributed by atoms with E-state index < -0.39 is 0 Å². The Labute approximate surface area is 73.4 Å². The fourth-order valence-corrected chi connectivity index (χ4v) is 3.97. The molecule has 0 spiro atoms. The van der Waals surface area contributed by atoms with Gasteiger partial charge in [0.1, 0.15) is 0 Å². The van der Waals surface area contributed by atoms with Crippen LogP contribution < -0.4 is 0 Å². The zero-order valence-electron chi connectivity index (χ0n) is 7.45. The Kier molecular flexibility index (Phi) is 1.79. The summed E-state index contributed by atoms with van der Waals surface area (Å²) in [7, 11) is 0. The zero-order valence-corrected chi connectivity index (χ0v) is 8.27. The third kappa shape index (κ3) is 0.970. The average Bonchev–Trinajstić information content (AvgIpc) is 2.53. The standard InChI is InChI=1S/C10H16S/c1-6-7(2)9-4-5-11-10(9)8(6)3/h4-10H,1-3H3. The van der Waals surface area contributed by atoms with Crippen LogP contribution >= 0.6 is 11.8 Å². The van der Waals surface area contributed by atoms with E-state index >= 15 is 0 Å². The summed E-state index contributed by atoms with van der Waals surface area (Å²) in [6.45, 7) is 7.22. The molecular weight excluding hydrogens is 152 g/mol. The van der Waals surface area contributed by atoms with E-state index in [0.29, 0.717) is 0 Å². The van der Waals surface area contributed by atoms with Gasteiger partial charge in [-0.05, 0) is 29.1 Å². The predicted octanol–water partition coefficient (Wildman–Crippen LogP) is 3.15. The quantitative estimate of drug-likeness (QED) is 0.535. The van der Waals surface area contributed by atoms with Crippen molar-refractivity contribution in [3.05, 3.63) is 11.5 Å². The summed E-state index contributed by atoms with van der Waals surface area (Å²) in [4.78, 5) is 0. The first-order valence-electron chi connectivity index (χ1n) is 4.54. The van der Waals surface area contributed by atoms with Crippen molar-refractivity contribution in [3.63, 3.8) is 0 Å². The first-order valence-corrected chi connectivity index (χ1v) is 5.48. The highest BCUT2D eigenvalue weighted by atomic mass is 32.2. The first-order chi connectivity index (χ1) is 5.22. The van der Waals surface area contributed by atoms with Crippen molar-refractivity contribution in [1.29, 1.82) is 0 Å². The van der Waals surface area contributed by atoms with E-state index in [1.54, 1.807) is 0 Å². The molecule has 5 unspecified atom stereocenters. The SMILES string of the molecule is CC1C(C)C2C=CSC2C1C. The smallest absolute Gasteiger partial charge is 0.0182 e. The molecule has 0 radical (unpaired) electrons. The molecular formula is C10H16S. The Hall–Kier alpha value is 0.0900. The van der Waals surface area contributed by atoms with Gasteiger partial charge in [0, 0.05) is 5.25 Å². The molecule has 11 heavy (non-hydrogen) atoms. The Morgan fingerprint density at radius 2 is 1.73 bits per heavy atom. The highest BCUT2D eigenvalue weighted by molar-refractivity contribution is 8.03. The molecule has 0 nitrogen and oxygen atoms in total. The van der Waals surface area contributed by atoms with Crippen molar-refractivity contribution in [2.24, 2.45) is 23.7 Å². The molecule has 0 aromatic rings. The molecule has 5 atom stereocenters. The molecule has 0 aromatic heterocycles. The normalized spacial score (nSPS) is 55.0. The van der Waals surface area contributed by atoms with Gasteiger partial charge in [-0.1, -0.05) is 26.8 Å². The molecule has 0 aromatic carbocycles. The fourth-order valence-electron chi connectivity index (χ4n) is 2.50. The predicted molar refractivity (Wildman–Crippen MR) is 51.5 cm³/mol. The maximum absolute atomic E-state index is 2.42. The average molecular weight is 168 g/mol.